The Bertz CT molecular complexity index is 738. The lowest BCUT2D eigenvalue weighted by Gasteiger charge is -2.18. The van der Waals surface area contributed by atoms with Crippen molar-refractivity contribution in [3.8, 4) is 0 Å². The summed E-state index contributed by atoms with van der Waals surface area (Å²) in [5.74, 6) is -0.0736. The highest BCUT2D eigenvalue weighted by Gasteiger charge is 2.58. The molecule has 0 saturated carbocycles. The molecule has 2 aliphatic rings. The average Bonchev–Trinajstić information content (AvgIpc) is 2.89. The molecule has 0 bridgehead atoms. The summed E-state index contributed by atoms with van der Waals surface area (Å²) in [4.78, 5) is 27.0. The van der Waals surface area contributed by atoms with Crippen LogP contribution in [0.4, 0.5) is 0 Å². The van der Waals surface area contributed by atoms with Gasteiger partial charge in [0.25, 0.3) is 0 Å². The highest BCUT2D eigenvalue weighted by atomic mass is 32.2. The maximum atomic E-state index is 12.7. The van der Waals surface area contributed by atoms with Crippen LogP contribution >= 0.6 is 23.5 Å². The lowest BCUT2D eigenvalue weighted by Crippen LogP contribution is -2.32. The van der Waals surface area contributed by atoms with Gasteiger partial charge >= 0.3 is 0 Å². The lowest BCUT2D eigenvalue weighted by atomic mass is 9.91. The fourth-order valence-electron chi connectivity index (χ4n) is 2.58. The summed E-state index contributed by atoms with van der Waals surface area (Å²) in [5, 5.41) is -0.0695. The number of benzene rings is 2. The van der Waals surface area contributed by atoms with Crippen molar-refractivity contribution >= 4 is 34.4 Å². The van der Waals surface area contributed by atoms with Gasteiger partial charge in [0.15, 0.2) is 10.5 Å². The minimum Gasteiger partial charge on any atom is -0.292 e. The van der Waals surface area contributed by atoms with E-state index in [9.17, 15) is 9.59 Å². The molecule has 2 aliphatic heterocycles. The molecule has 92 valence electrons. The topological polar surface area (TPSA) is 34.1 Å². The zero-order chi connectivity index (χ0) is 13.0. The van der Waals surface area contributed by atoms with Gasteiger partial charge in [-0.3, -0.25) is 9.59 Å². The second kappa shape index (κ2) is 3.74. The van der Waals surface area contributed by atoms with Gasteiger partial charge in [0.1, 0.15) is 0 Å². The van der Waals surface area contributed by atoms with E-state index >= 15 is 0 Å². The Morgan fingerprint density at radius 1 is 0.842 bits per heavy atom. The zero-order valence-electron chi connectivity index (χ0n) is 9.75. The number of thioether (sulfide) groups is 2. The fraction of sp³-hybridized carbons (Fsp3) is 0.0667. The molecule has 0 aliphatic carbocycles. The van der Waals surface area contributed by atoms with Gasteiger partial charge in [-0.1, -0.05) is 48.2 Å². The normalized spacial score (nSPS) is 23.8. The van der Waals surface area contributed by atoms with Crippen molar-refractivity contribution in [1.29, 1.82) is 0 Å². The first-order chi connectivity index (χ1) is 9.23. The predicted octanol–water partition coefficient (Wildman–Crippen LogP) is 3.50. The molecule has 0 unspecified atom stereocenters. The van der Waals surface area contributed by atoms with Gasteiger partial charge in [0.2, 0.25) is 5.12 Å². The van der Waals surface area contributed by atoms with Crippen molar-refractivity contribution in [2.24, 2.45) is 0 Å². The summed E-state index contributed by atoms with van der Waals surface area (Å²) in [6.07, 6.45) is 0. The van der Waals surface area contributed by atoms with E-state index in [4.69, 9.17) is 0 Å². The van der Waals surface area contributed by atoms with Gasteiger partial charge in [-0.2, -0.15) is 0 Å². The number of ketones is 1. The van der Waals surface area contributed by atoms with E-state index in [1.165, 1.54) is 23.5 Å². The van der Waals surface area contributed by atoms with Gasteiger partial charge in [-0.15, -0.1) is 0 Å². The monoisotopic (exact) mass is 284 g/mol. The molecule has 0 fully saturated rings. The third-order valence-corrected chi connectivity index (χ3v) is 6.14. The molecule has 2 aromatic carbocycles. The molecule has 2 nitrogen and oxygen atoms in total. The van der Waals surface area contributed by atoms with Crippen LogP contribution in [0.25, 0.3) is 0 Å². The van der Waals surface area contributed by atoms with Crippen LogP contribution in [0.15, 0.2) is 58.3 Å². The minimum absolute atomic E-state index is 0.0695. The number of carbonyl (C=O) groups is 2. The van der Waals surface area contributed by atoms with Crippen LogP contribution in [0.2, 0.25) is 0 Å². The maximum Gasteiger partial charge on any atom is 0.222 e. The number of hydrogen-bond donors (Lipinski definition) is 0. The lowest BCUT2D eigenvalue weighted by molar-refractivity contribution is -0.111. The number of Topliss-reactive ketones (excluding diaryl/α,β-unsaturated/α-hetero) is 1. The minimum atomic E-state index is -1.05. The van der Waals surface area contributed by atoms with Crippen molar-refractivity contribution in [2.75, 3.05) is 0 Å². The molecule has 2 aromatic rings. The molecule has 4 rings (SSSR count). The number of fused-ring (bicyclic) bond motifs is 3. The molecule has 0 aromatic heterocycles. The van der Waals surface area contributed by atoms with E-state index in [0.717, 1.165) is 15.4 Å². The van der Waals surface area contributed by atoms with Crippen molar-refractivity contribution in [3.63, 3.8) is 0 Å². The Morgan fingerprint density at radius 2 is 1.53 bits per heavy atom. The van der Waals surface area contributed by atoms with Crippen LogP contribution < -0.4 is 0 Å². The Labute approximate surface area is 118 Å². The van der Waals surface area contributed by atoms with E-state index in [1.807, 2.05) is 42.5 Å². The number of rotatable bonds is 0. The summed E-state index contributed by atoms with van der Waals surface area (Å²) < 4.78 is -1.05. The molecule has 4 heteroatoms. The zero-order valence-corrected chi connectivity index (χ0v) is 11.4. The molecule has 1 spiro atoms. The van der Waals surface area contributed by atoms with Gasteiger partial charge in [-0.25, -0.2) is 0 Å². The highest BCUT2D eigenvalue weighted by Crippen LogP contribution is 2.59. The van der Waals surface area contributed by atoms with Crippen molar-refractivity contribution in [2.45, 2.75) is 14.5 Å². The molecule has 19 heavy (non-hydrogen) atoms. The van der Waals surface area contributed by atoms with E-state index in [-0.39, 0.29) is 10.9 Å². The number of carbonyl (C=O) groups excluding carboxylic acids is 2. The molecule has 0 saturated heterocycles. The Balaban J connectivity index is 1.99. The first-order valence-corrected chi connectivity index (χ1v) is 7.51. The van der Waals surface area contributed by atoms with E-state index < -0.39 is 4.75 Å². The third-order valence-electron chi connectivity index (χ3n) is 3.47. The van der Waals surface area contributed by atoms with Gasteiger partial charge in [0.05, 0.1) is 0 Å². The number of hydrogen-bond acceptors (Lipinski definition) is 4. The molecule has 0 radical (unpaired) electrons. The van der Waals surface area contributed by atoms with Gasteiger partial charge in [-0.05, 0) is 29.5 Å². The van der Waals surface area contributed by atoms with Crippen molar-refractivity contribution in [3.05, 3.63) is 59.7 Å². The standard InChI is InChI=1S/C15H8O2S2/c16-13-9-5-1-3-7-11(9)19-15(13)10-6-2-4-8-12(10)18-14(15)17/h1-8H/t15-/m1/s1. The van der Waals surface area contributed by atoms with Crippen LogP contribution in [0, 0.1) is 0 Å². The average molecular weight is 284 g/mol. The van der Waals surface area contributed by atoms with Crippen LogP contribution in [-0.4, -0.2) is 10.9 Å². The van der Waals surface area contributed by atoms with Gasteiger partial charge < -0.3 is 0 Å². The van der Waals surface area contributed by atoms with Crippen LogP contribution in [0.3, 0.4) is 0 Å². The molecule has 0 amide bonds. The summed E-state index contributed by atoms with van der Waals surface area (Å²) in [7, 11) is 0. The van der Waals surface area contributed by atoms with E-state index in [0.29, 0.717) is 5.56 Å². The second-order valence-electron chi connectivity index (χ2n) is 4.49. The summed E-state index contributed by atoms with van der Waals surface area (Å²) in [5.41, 5.74) is 1.51. The van der Waals surface area contributed by atoms with Crippen LogP contribution in [0.1, 0.15) is 15.9 Å². The molecule has 0 N–H and O–H groups in total. The Kier molecular flexibility index (Phi) is 2.23. The SMILES string of the molecule is O=C1Sc2ccccc2[C@]12Sc1ccccc1C2=O. The first kappa shape index (κ1) is 11.3. The van der Waals surface area contributed by atoms with E-state index in [1.54, 1.807) is 6.07 Å². The van der Waals surface area contributed by atoms with Crippen molar-refractivity contribution < 1.29 is 9.59 Å². The Hall–Kier alpha value is -1.52. The summed E-state index contributed by atoms with van der Waals surface area (Å²) in [6.45, 7) is 0. The Morgan fingerprint density at radius 3 is 2.32 bits per heavy atom. The predicted molar refractivity (Wildman–Crippen MR) is 75.6 cm³/mol. The maximum absolute atomic E-state index is 12.7. The van der Waals surface area contributed by atoms with Crippen molar-refractivity contribution in [1.82, 2.24) is 0 Å². The van der Waals surface area contributed by atoms with E-state index in [2.05, 4.69) is 0 Å². The molecule has 2 heterocycles. The second-order valence-corrected chi connectivity index (χ2v) is 6.77. The largest absolute Gasteiger partial charge is 0.292 e. The van der Waals surface area contributed by atoms with Crippen LogP contribution in [0.5, 0.6) is 0 Å². The highest BCUT2D eigenvalue weighted by molar-refractivity contribution is 8.17. The molecule has 1 atom stereocenters. The first-order valence-electron chi connectivity index (χ1n) is 5.88. The third kappa shape index (κ3) is 1.30. The van der Waals surface area contributed by atoms with Crippen LogP contribution in [-0.2, 0) is 9.54 Å². The fourth-order valence-corrected chi connectivity index (χ4v) is 5.24. The summed E-state index contributed by atoms with van der Waals surface area (Å²) in [6, 6.07) is 15.0. The van der Waals surface area contributed by atoms with Gasteiger partial charge in [0, 0.05) is 15.4 Å². The molecular formula is C15H8O2S2. The quantitative estimate of drug-likeness (QED) is 0.693. The molecular weight excluding hydrogens is 276 g/mol. The smallest absolute Gasteiger partial charge is 0.222 e. The summed E-state index contributed by atoms with van der Waals surface area (Å²) >= 11 is 2.57.